The van der Waals surface area contributed by atoms with Gasteiger partial charge >= 0.3 is 0 Å². The van der Waals surface area contributed by atoms with Crippen LogP contribution < -0.4 is 0 Å². The van der Waals surface area contributed by atoms with Gasteiger partial charge < -0.3 is 4.74 Å². The summed E-state index contributed by atoms with van der Waals surface area (Å²) in [5.41, 5.74) is 7.23. The maximum atomic E-state index is 5.52. The fourth-order valence-corrected chi connectivity index (χ4v) is 2.46. The molecular weight excluding hydrogens is 212 g/mol. The topological polar surface area (TPSA) is 37.9 Å². The van der Waals surface area contributed by atoms with E-state index in [1.165, 1.54) is 27.9 Å². The molecule has 2 aromatic rings. The molecule has 0 amide bonds. The Morgan fingerprint density at radius 2 is 1.94 bits per heavy atom. The first-order chi connectivity index (χ1) is 8.24. The van der Waals surface area contributed by atoms with Crippen LogP contribution in [0.15, 0.2) is 18.2 Å². The number of aromatic nitrogens is 2. The van der Waals surface area contributed by atoms with Gasteiger partial charge in [0.15, 0.2) is 0 Å². The lowest BCUT2D eigenvalue weighted by atomic mass is 10.0. The van der Waals surface area contributed by atoms with Crippen molar-refractivity contribution in [2.75, 3.05) is 6.61 Å². The predicted molar refractivity (Wildman–Crippen MR) is 66.9 cm³/mol. The van der Waals surface area contributed by atoms with Crippen LogP contribution in [0.25, 0.3) is 11.3 Å². The zero-order valence-corrected chi connectivity index (χ0v) is 10.2. The van der Waals surface area contributed by atoms with E-state index in [0.717, 1.165) is 18.7 Å². The molecule has 1 aromatic heterocycles. The summed E-state index contributed by atoms with van der Waals surface area (Å²) in [5, 5.41) is 7.58. The van der Waals surface area contributed by atoms with Crippen molar-refractivity contribution in [3.8, 4) is 11.3 Å². The van der Waals surface area contributed by atoms with Crippen LogP contribution in [0.1, 0.15) is 22.4 Å². The molecule has 0 saturated heterocycles. The van der Waals surface area contributed by atoms with Crippen LogP contribution in [0.5, 0.6) is 0 Å². The summed E-state index contributed by atoms with van der Waals surface area (Å²) in [5.74, 6) is 0. The van der Waals surface area contributed by atoms with E-state index in [9.17, 15) is 0 Å². The normalized spacial score (nSPS) is 14.7. The first-order valence-electron chi connectivity index (χ1n) is 5.96. The van der Waals surface area contributed by atoms with Crippen LogP contribution in [-0.4, -0.2) is 16.8 Å². The lowest BCUT2D eigenvalue weighted by Crippen LogP contribution is -2.08. The molecule has 0 radical (unpaired) electrons. The van der Waals surface area contributed by atoms with Gasteiger partial charge in [0.1, 0.15) is 0 Å². The van der Waals surface area contributed by atoms with Crippen LogP contribution in [0.3, 0.4) is 0 Å². The van der Waals surface area contributed by atoms with Crippen molar-refractivity contribution in [2.24, 2.45) is 0 Å². The highest BCUT2D eigenvalue weighted by molar-refractivity contribution is 5.65. The van der Waals surface area contributed by atoms with E-state index in [1.807, 2.05) is 0 Å². The number of aromatic amines is 1. The standard InChI is InChI=1S/C14H16N2O/c1-9-5-10(2)7-11(6-9)14-12-8-17-4-3-13(12)15-16-14/h5-7H,3-4,8H2,1-2H3,(H,15,16). The second-order valence-corrected chi connectivity index (χ2v) is 4.71. The van der Waals surface area contributed by atoms with Crippen molar-refractivity contribution in [3.05, 3.63) is 40.6 Å². The molecule has 1 N–H and O–H groups in total. The van der Waals surface area contributed by atoms with Crippen molar-refractivity contribution in [3.63, 3.8) is 0 Å². The van der Waals surface area contributed by atoms with Crippen molar-refractivity contribution >= 4 is 0 Å². The minimum absolute atomic E-state index is 0.675. The Labute approximate surface area is 101 Å². The summed E-state index contributed by atoms with van der Waals surface area (Å²) < 4.78 is 5.52. The Hall–Kier alpha value is -1.61. The number of rotatable bonds is 1. The molecule has 17 heavy (non-hydrogen) atoms. The number of hydrogen-bond donors (Lipinski definition) is 1. The highest BCUT2D eigenvalue weighted by atomic mass is 16.5. The molecule has 0 spiro atoms. The Kier molecular flexibility index (Phi) is 2.48. The second kappa shape index (κ2) is 4.00. The van der Waals surface area contributed by atoms with E-state index in [0.29, 0.717) is 6.61 Å². The molecule has 3 heteroatoms. The van der Waals surface area contributed by atoms with E-state index in [-0.39, 0.29) is 0 Å². The largest absolute Gasteiger partial charge is 0.376 e. The van der Waals surface area contributed by atoms with Gasteiger partial charge in [-0.05, 0) is 26.0 Å². The van der Waals surface area contributed by atoms with Crippen LogP contribution >= 0.6 is 0 Å². The number of ether oxygens (including phenoxy) is 1. The average molecular weight is 228 g/mol. The quantitative estimate of drug-likeness (QED) is 0.815. The van der Waals surface area contributed by atoms with Gasteiger partial charge in [0.05, 0.1) is 18.9 Å². The van der Waals surface area contributed by atoms with Crippen LogP contribution in [-0.2, 0) is 17.8 Å². The average Bonchev–Trinajstić information content (AvgIpc) is 2.71. The fraction of sp³-hybridized carbons (Fsp3) is 0.357. The van der Waals surface area contributed by atoms with Gasteiger partial charge in [-0.15, -0.1) is 0 Å². The molecule has 0 fully saturated rings. The van der Waals surface area contributed by atoms with E-state index >= 15 is 0 Å². The predicted octanol–water partition coefficient (Wildman–Crippen LogP) is 2.77. The molecule has 2 heterocycles. The van der Waals surface area contributed by atoms with Gasteiger partial charge in [0.25, 0.3) is 0 Å². The molecule has 1 aliphatic heterocycles. The molecule has 3 nitrogen and oxygen atoms in total. The third-order valence-electron chi connectivity index (χ3n) is 3.19. The number of fused-ring (bicyclic) bond motifs is 1. The van der Waals surface area contributed by atoms with Crippen LogP contribution in [0.4, 0.5) is 0 Å². The SMILES string of the molecule is Cc1cc(C)cc(-c2n[nH]c3c2COCC3)c1. The van der Waals surface area contributed by atoms with Crippen molar-refractivity contribution < 1.29 is 4.74 Å². The van der Waals surface area contributed by atoms with Gasteiger partial charge in [0.2, 0.25) is 0 Å². The van der Waals surface area contributed by atoms with Crippen molar-refractivity contribution in [2.45, 2.75) is 26.9 Å². The molecule has 0 unspecified atom stereocenters. The van der Waals surface area contributed by atoms with Gasteiger partial charge in [0, 0.05) is 23.2 Å². The number of nitrogens with one attached hydrogen (secondary N) is 1. The van der Waals surface area contributed by atoms with Gasteiger partial charge in [-0.1, -0.05) is 17.2 Å². The number of aryl methyl sites for hydroxylation is 2. The minimum Gasteiger partial charge on any atom is -0.376 e. The monoisotopic (exact) mass is 228 g/mol. The Balaban J connectivity index is 2.11. The summed E-state index contributed by atoms with van der Waals surface area (Å²) in [6, 6.07) is 6.54. The number of benzene rings is 1. The summed E-state index contributed by atoms with van der Waals surface area (Å²) in [7, 11) is 0. The first kappa shape index (κ1) is 10.5. The lowest BCUT2D eigenvalue weighted by molar-refractivity contribution is 0.110. The van der Waals surface area contributed by atoms with Gasteiger partial charge in [-0.3, -0.25) is 5.10 Å². The van der Waals surface area contributed by atoms with E-state index in [2.05, 4.69) is 42.2 Å². The highest BCUT2D eigenvalue weighted by Crippen LogP contribution is 2.28. The summed E-state index contributed by atoms with van der Waals surface area (Å²) in [6.45, 7) is 5.70. The number of nitrogens with zero attached hydrogens (tertiary/aromatic N) is 1. The number of H-pyrrole nitrogens is 1. The van der Waals surface area contributed by atoms with E-state index in [1.54, 1.807) is 0 Å². The summed E-state index contributed by atoms with van der Waals surface area (Å²) in [4.78, 5) is 0. The smallest absolute Gasteiger partial charge is 0.0979 e. The Morgan fingerprint density at radius 1 is 1.18 bits per heavy atom. The zero-order valence-electron chi connectivity index (χ0n) is 10.2. The highest BCUT2D eigenvalue weighted by Gasteiger charge is 2.18. The van der Waals surface area contributed by atoms with Gasteiger partial charge in [-0.25, -0.2) is 0 Å². The fourth-order valence-electron chi connectivity index (χ4n) is 2.46. The molecule has 0 aliphatic carbocycles. The molecule has 1 aromatic carbocycles. The molecule has 0 bridgehead atoms. The molecular formula is C14H16N2O. The van der Waals surface area contributed by atoms with E-state index < -0.39 is 0 Å². The molecule has 0 saturated carbocycles. The summed E-state index contributed by atoms with van der Waals surface area (Å²) in [6.07, 6.45) is 0.938. The van der Waals surface area contributed by atoms with Crippen LogP contribution in [0, 0.1) is 13.8 Å². The first-order valence-corrected chi connectivity index (χ1v) is 5.96. The van der Waals surface area contributed by atoms with E-state index in [4.69, 9.17) is 4.74 Å². The second-order valence-electron chi connectivity index (χ2n) is 4.71. The molecule has 88 valence electrons. The molecule has 3 rings (SSSR count). The van der Waals surface area contributed by atoms with Crippen molar-refractivity contribution in [1.29, 1.82) is 0 Å². The maximum Gasteiger partial charge on any atom is 0.0979 e. The molecule has 0 atom stereocenters. The number of hydrogen-bond acceptors (Lipinski definition) is 2. The maximum absolute atomic E-state index is 5.52. The third-order valence-corrected chi connectivity index (χ3v) is 3.19. The third kappa shape index (κ3) is 1.87. The minimum atomic E-state index is 0.675. The van der Waals surface area contributed by atoms with Crippen molar-refractivity contribution in [1.82, 2.24) is 10.2 Å². The zero-order chi connectivity index (χ0) is 11.8. The Bertz CT molecular complexity index is 537. The Morgan fingerprint density at radius 3 is 2.71 bits per heavy atom. The van der Waals surface area contributed by atoms with Gasteiger partial charge in [-0.2, -0.15) is 5.10 Å². The summed E-state index contributed by atoms with van der Waals surface area (Å²) >= 11 is 0. The lowest BCUT2D eigenvalue weighted by Gasteiger charge is -2.12. The van der Waals surface area contributed by atoms with Crippen LogP contribution in [0.2, 0.25) is 0 Å². The molecule has 1 aliphatic rings.